The molecular weight excluding hydrogens is 426 g/mol. The number of benzene rings is 2. The summed E-state index contributed by atoms with van der Waals surface area (Å²) < 4.78 is 5.26. The van der Waals surface area contributed by atoms with Crippen LogP contribution in [0.3, 0.4) is 0 Å². The Morgan fingerprint density at radius 1 is 0.765 bits per heavy atom. The largest absolute Gasteiger partial charge is 0.466 e. The van der Waals surface area contributed by atoms with Crippen molar-refractivity contribution in [2.75, 3.05) is 13.2 Å². The highest BCUT2D eigenvalue weighted by molar-refractivity contribution is 6.07. The molecule has 1 saturated heterocycles. The van der Waals surface area contributed by atoms with E-state index >= 15 is 0 Å². The molecule has 6 rings (SSSR count). The molecule has 5 nitrogen and oxygen atoms in total. The summed E-state index contributed by atoms with van der Waals surface area (Å²) in [6.45, 7) is 3.05. The standard InChI is InChI=1S/C29H33NO4/c1-2-3-11-18-34-23(31)16-5-4-10-17-30-28(32)26-24-19-12-6-7-13-20(19)25(27(26)29(30)33)22-15-9-8-14-21(22)24/h6-9,12-15,24-27H,2-5,10-11,16-18H2,1H3. The zero-order valence-corrected chi connectivity index (χ0v) is 19.9. The van der Waals surface area contributed by atoms with E-state index in [-0.39, 0.29) is 41.5 Å². The van der Waals surface area contributed by atoms with E-state index in [1.165, 1.54) is 27.2 Å². The van der Waals surface area contributed by atoms with Crippen LogP contribution in [0, 0.1) is 11.8 Å². The van der Waals surface area contributed by atoms with Crippen molar-refractivity contribution >= 4 is 17.8 Å². The number of imide groups is 1. The fraction of sp³-hybridized carbons (Fsp3) is 0.483. The fourth-order valence-electron chi connectivity index (χ4n) is 6.29. The second-order valence-corrected chi connectivity index (χ2v) is 9.83. The summed E-state index contributed by atoms with van der Waals surface area (Å²) in [7, 11) is 0. The van der Waals surface area contributed by atoms with Gasteiger partial charge in [-0.15, -0.1) is 0 Å². The number of likely N-dealkylation sites (tertiary alicyclic amines) is 1. The Morgan fingerprint density at radius 2 is 1.29 bits per heavy atom. The summed E-state index contributed by atoms with van der Waals surface area (Å²) in [5.41, 5.74) is 4.81. The lowest BCUT2D eigenvalue weighted by atomic mass is 9.55. The van der Waals surface area contributed by atoms with Crippen LogP contribution in [0.2, 0.25) is 0 Å². The predicted molar refractivity (Wildman–Crippen MR) is 129 cm³/mol. The van der Waals surface area contributed by atoms with Gasteiger partial charge in [0.15, 0.2) is 0 Å². The number of amides is 2. The lowest BCUT2D eigenvalue weighted by molar-refractivity contribution is -0.144. The summed E-state index contributed by atoms with van der Waals surface area (Å²) in [6.07, 6.45) is 5.72. The summed E-state index contributed by atoms with van der Waals surface area (Å²) in [5, 5.41) is 0. The minimum Gasteiger partial charge on any atom is -0.466 e. The minimum absolute atomic E-state index is 0.0238. The topological polar surface area (TPSA) is 63.7 Å². The van der Waals surface area contributed by atoms with Crippen LogP contribution in [-0.2, 0) is 19.1 Å². The van der Waals surface area contributed by atoms with Gasteiger partial charge >= 0.3 is 5.97 Å². The molecule has 34 heavy (non-hydrogen) atoms. The first-order chi connectivity index (χ1) is 16.6. The quantitative estimate of drug-likeness (QED) is 0.279. The third kappa shape index (κ3) is 3.85. The van der Waals surface area contributed by atoms with Crippen LogP contribution >= 0.6 is 0 Å². The Balaban J connectivity index is 1.23. The van der Waals surface area contributed by atoms with E-state index in [0.29, 0.717) is 19.6 Å². The van der Waals surface area contributed by atoms with Gasteiger partial charge in [-0.05, 0) is 41.5 Å². The van der Waals surface area contributed by atoms with Crippen LogP contribution in [0.15, 0.2) is 48.5 Å². The molecule has 1 heterocycles. The summed E-state index contributed by atoms with van der Waals surface area (Å²) in [4.78, 5) is 40.4. The molecule has 4 aliphatic rings. The Labute approximate surface area is 201 Å². The molecule has 0 N–H and O–H groups in total. The maximum atomic E-state index is 13.5. The van der Waals surface area contributed by atoms with Crippen molar-refractivity contribution < 1.29 is 19.1 Å². The van der Waals surface area contributed by atoms with Crippen LogP contribution in [0.4, 0.5) is 0 Å². The van der Waals surface area contributed by atoms with E-state index in [9.17, 15) is 14.4 Å². The number of ether oxygens (including phenoxy) is 1. The van der Waals surface area contributed by atoms with Gasteiger partial charge in [-0.3, -0.25) is 19.3 Å². The summed E-state index contributed by atoms with van der Waals surface area (Å²) in [6, 6.07) is 16.6. The lowest BCUT2D eigenvalue weighted by Crippen LogP contribution is -2.41. The Bertz CT molecular complexity index is 978. The number of carbonyl (C=O) groups excluding carboxylic acids is 3. The molecule has 3 aliphatic carbocycles. The first kappa shape index (κ1) is 22.8. The van der Waals surface area contributed by atoms with E-state index in [1.807, 2.05) is 24.3 Å². The average Bonchev–Trinajstić information content (AvgIpc) is 3.12. The van der Waals surface area contributed by atoms with Gasteiger partial charge in [0.2, 0.25) is 11.8 Å². The molecule has 1 fully saturated rings. The van der Waals surface area contributed by atoms with Gasteiger partial charge in [0.05, 0.1) is 18.4 Å². The van der Waals surface area contributed by atoms with Crippen LogP contribution < -0.4 is 0 Å². The van der Waals surface area contributed by atoms with Crippen LogP contribution in [0.25, 0.3) is 0 Å². The highest BCUT2D eigenvalue weighted by Crippen LogP contribution is 2.60. The lowest BCUT2D eigenvalue weighted by Gasteiger charge is -2.45. The van der Waals surface area contributed by atoms with Crippen LogP contribution in [0.1, 0.15) is 86.0 Å². The van der Waals surface area contributed by atoms with E-state index in [4.69, 9.17) is 4.74 Å². The number of rotatable bonds is 10. The molecule has 0 aromatic heterocycles. The van der Waals surface area contributed by atoms with Crippen LogP contribution in [-0.4, -0.2) is 35.8 Å². The smallest absolute Gasteiger partial charge is 0.305 e. The second-order valence-electron chi connectivity index (χ2n) is 9.83. The normalized spacial score (nSPS) is 24.1. The first-order valence-electron chi connectivity index (χ1n) is 12.8. The molecule has 0 spiro atoms. The van der Waals surface area contributed by atoms with Crippen molar-refractivity contribution in [3.8, 4) is 0 Å². The molecule has 2 bridgehead atoms. The monoisotopic (exact) mass is 459 g/mol. The zero-order chi connectivity index (χ0) is 23.7. The maximum absolute atomic E-state index is 13.5. The third-order valence-electron chi connectivity index (χ3n) is 7.81. The second kappa shape index (κ2) is 9.73. The van der Waals surface area contributed by atoms with Gasteiger partial charge < -0.3 is 4.74 Å². The molecule has 2 amide bonds. The number of carbonyl (C=O) groups is 3. The first-order valence-corrected chi connectivity index (χ1v) is 12.8. The molecule has 5 heteroatoms. The van der Waals surface area contributed by atoms with Crippen LogP contribution in [0.5, 0.6) is 0 Å². The van der Waals surface area contributed by atoms with Gasteiger partial charge in [0.25, 0.3) is 0 Å². The van der Waals surface area contributed by atoms with Gasteiger partial charge in [0, 0.05) is 24.8 Å². The molecule has 2 aromatic carbocycles. The maximum Gasteiger partial charge on any atom is 0.305 e. The summed E-state index contributed by atoms with van der Waals surface area (Å²) in [5.74, 6) is -0.908. The Morgan fingerprint density at radius 3 is 1.79 bits per heavy atom. The molecular formula is C29H33NO4. The average molecular weight is 460 g/mol. The highest BCUT2D eigenvalue weighted by Gasteiger charge is 2.61. The van der Waals surface area contributed by atoms with Crippen molar-refractivity contribution in [1.29, 1.82) is 0 Å². The molecule has 2 aromatic rings. The Kier molecular flexibility index (Phi) is 6.53. The number of hydrogen-bond acceptors (Lipinski definition) is 4. The van der Waals surface area contributed by atoms with E-state index in [2.05, 4.69) is 31.2 Å². The van der Waals surface area contributed by atoms with Crippen molar-refractivity contribution in [2.24, 2.45) is 11.8 Å². The molecule has 0 radical (unpaired) electrons. The predicted octanol–water partition coefficient (Wildman–Crippen LogP) is 5.17. The summed E-state index contributed by atoms with van der Waals surface area (Å²) >= 11 is 0. The van der Waals surface area contributed by atoms with Gasteiger partial charge in [-0.1, -0.05) is 74.7 Å². The van der Waals surface area contributed by atoms with E-state index in [0.717, 1.165) is 38.5 Å². The van der Waals surface area contributed by atoms with Crippen molar-refractivity contribution in [2.45, 2.75) is 63.7 Å². The van der Waals surface area contributed by atoms with Gasteiger partial charge in [0.1, 0.15) is 0 Å². The molecule has 2 atom stereocenters. The van der Waals surface area contributed by atoms with Crippen molar-refractivity contribution in [3.63, 3.8) is 0 Å². The van der Waals surface area contributed by atoms with Gasteiger partial charge in [-0.25, -0.2) is 0 Å². The SMILES string of the molecule is CCCCCOC(=O)CCCCCN1C(=O)C2C3c4ccccc4C(c4ccccc43)C2C1=O. The molecule has 178 valence electrons. The van der Waals surface area contributed by atoms with Gasteiger partial charge in [-0.2, -0.15) is 0 Å². The molecule has 1 aliphatic heterocycles. The van der Waals surface area contributed by atoms with E-state index in [1.54, 1.807) is 0 Å². The minimum atomic E-state index is -0.305. The zero-order valence-electron chi connectivity index (χ0n) is 19.9. The highest BCUT2D eigenvalue weighted by atomic mass is 16.5. The number of unbranched alkanes of at least 4 members (excludes halogenated alkanes) is 4. The molecule has 0 saturated carbocycles. The fourth-order valence-corrected chi connectivity index (χ4v) is 6.29. The van der Waals surface area contributed by atoms with Crippen molar-refractivity contribution in [3.05, 3.63) is 70.8 Å². The van der Waals surface area contributed by atoms with E-state index < -0.39 is 0 Å². The number of esters is 1. The van der Waals surface area contributed by atoms with Crippen molar-refractivity contribution in [1.82, 2.24) is 4.90 Å². The third-order valence-corrected chi connectivity index (χ3v) is 7.81. The Hall–Kier alpha value is -2.95. The number of hydrogen-bond donors (Lipinski definition) is 0. The number of nitrogens with zero attached hydrogens (tertiary/aromatic N) is 1. The molecule has 2 unspecified atom stereocenters.